The summed E-state index contributed by atoms with van der Waals surface area (Å²) in [6.07, 6.45) is 9.96. The maximum absolute atomic E-state index is 3.39. The summed E-state index contributed by atoms with van der Waals surface area (Å²) in [4.78, 5) is 7.53. The highest BCUT2D eigenvalue weighted by atomic mass is 15.4. The quantitative estimate of drug-likeness (QED) is 0.617. The fourth-order valence-electron chi connectivity index (χ4n) is 3.28. The highest BCUT2D eigenvalue weighted by Gasteiger charge is 2.14. The molecule has 0 saturated carbocycles. The number of likely N-dealkylation sites (N-methyl/N-ethyl adjacent to an activating group) is 1. The standard InChI is InChI=1S/C16H34N4/c1-18-13-14-20(16-18)11-8-6-4-2-3-5-7-10-19-12-9-17-15-19/h17H,2-16H2,1H3. The topological polar surface area (TPSA) is 21.8 Å². The molecular weight excluding hydrogens is 248 g/mol. The predicted octanol–water partition coefficient (Wildman–Crippen LogP) is 1.78. The second-order valence-electron chi connectivity index (χ2n) is 6.59. The summed E-state index contributed by atoms with van der Waals surface area (Å²) in [7, 11) is 2.22. The van der Waals surface area contributed by atoms with Crippen LogP contribution in [0.1, 0.15) is 44.9 Å². The zero-order valence-electron chi connectivity index (χ0n) is 13.4. The Morgan fingerprint density at radius 3 is 1.95 bits per heavy atom. The molecule has 1 N–H and O–H groups in total. The maximum Gasteiger partial charge on any atom is 0.0504 e. The minimum Gasteiger partial charge on any atom is -0.303 e. The summed E-state index contributed by atoms with van der Waals surface area (Å²) >= 11 is 0. The molecule has 4 nitrogen and oxygen atoms in total. The molecule has 0 aliphatic carbocycles. The van der Waals surface area contributed by atoms with Gasteiger partial charge < -0.3 is 5.32 Å². The summed E-state index contributed by atoms with van der Waals surface area (Å²) < 4.78 is 0. The van der Waals surface area contributed by atoms with Gasteiger partial charge >= 0.3 is 0 Å². The number of hydrogen-bond donors (Lipinski definition) is 1. The van der Waals surface area contributed by atoms with E-state index in [0.717, 1.165) is 6.67 Å². The molecule has 0 aromatic rings. The average Bonchev–Trinajstić information content (AvgIpc) is 3.08. The Bertz CT molecular complexity index is 241. The van der Waals surface area contributed by atoms with Crippen LogP contribution in [0.2, 0.25) is 0 Å². The van der Waals surface area contributed by atoms with Crippen molar-refractivity contribution in [3.63, 3.8) is 0 Å². The van der Waals surface area contributed by atoms with E-state index in [9.17, 15) is 0 Å². The van der Waals surface area contributed by atoms with Gasteiger partial charge in [0.15, 0.2) is 0 Å². The van der Waals surface area contributed by atoms with Gasteiger partial charge in [-0.3, -0.25) is 14.7 Å². The lowest BCUT2D eigenvalue weighted by molar-refractivity contribution is 0.269. The first-order chi connectivity index (χ1) is 9.84. The van der Waals surface area contributed by atoms with Crippen LogP contribution in [0.5, 0.6) is 0 Å². The fourth-order valence-corrected chi connectivity index (χ4v) is 3.28. The third-order valence-electron chi connectivity index (χ3n) is 4.63. The fraction of sp³-hybridized carbons (Fsp3) is 1.00. The Kier molecular flexibility index (Phi) is 7.88. The van der Waals surface area contributed by atoms with Crippen molar-refractivity contribution in [2.45, 2.75) is 44.9 Å². The average molecular weight is 282 g/mol. The number of nitrogens with one attached hydrogen (secondary N) is 1. The number of rotatable bonds is 10. The normalized spacial score (nSPS) is 22.1. The summed E-state index contributed by atoms with van der Waals surface area (Å²) in [6.45, 7) is 9.89. The SMILES string of the molecule is CN1CCN(CCCCCCCCCN2CCNC2)C1. The molecule has 4 heteroatoms. The second kappa shape index (κ2) is 9.72. The zero-order chi connectivity index (χ0) is 14.0. The van der Waals surface area contributed by atoms with Gasteiger partial charge in [-0.2, -0.15) is 0 Å². The van der Waals surface area contributed by atoms with E-state index >= 15 is 0 Å². The van der Waals surface area contributed by atoms with Crippen LogP contribution < -0.4 is 5.32 Å². The first kappa shape index (κ1) is 16.2. The van der Waals surface area contributed by atoms with Gasteiger partial charge in [0.05, 0.1) is 6.67 Å². The Labute approximate surface area is 125 Å². The van der Waals surface area contributed by atoms with E-state index in [1.165, 1.54) is 90.9 Å². The molecule has 0 amide bonds. The molecule has 0 aromatic heterocycles. The van der Waals surface area contributed by atoms with Crippen molar-refractivity contribution in [3.05, 3.63) is 0 Å². The molecule has 20 heavy (non-hydrogen) atoms. The Hall–Kier alpha value is -0.160. The molecule has 2 heterocycles. The van der Waals surface area contributed by atoms with E-state index in [1.807, 2.05) is 0 Å². The first-order valence-corrected chi connectivity index (χ1v) is 8.68. The van der Waals surface area contributed by atoms with E-state index in [0.29, 0.717) is 0 Å². The van der Waals surface area contributed by atoms with Gasteiger partial charge in [-0.05, 0) is 33.0 Å². The van der Waals surface area contributed by atoms with Crippen LogP contribution in [0.3, 0.4) is 0 Å². The predicted molar refractivity (Wildman–Crippen MR) is 85.8 cm³/mol. The lowest BCUT2D eigenvalue weighted by Gasteiger charge is -2.15. The number of hydrogen-bond acceptors (Lipinski definition) is 4. The van der Waals surface area contributed by atoms with Crippen LogP contribution >= 0.6 is 0 Å². The molecule has 0 unspecified atom stereocenters. The minimum absolute atomic E-state index is 1.12. The van der Waals surface area contributed by atoms with Crippen LogP contribution in [0.15, 0.2) is 0 Å². The van der Waals surface area contributed by atoms with Gasteiger partial charge in [0.1, 0.15) is 0 Å². The Morgan fingerprint density at radius 1 is 0.750 bits per heavy atom. The highest BCUT2D eigenvalue weighted by molar-refractivity contribution is 4.67. The molecule has 2 aliphatic heterocycles. The smallest absolute Gasteiger partial charge is 0.0504 e. The van der Waals surface area contributed by atoms with E-state index in [1.54, 1.807) is 0 Å². The molecule has 2 fully saturated rings. The summed E-state index contributed by atoms with van der Waals surface area (Å²) in [5.74, 6) is 0. The zero-order valence-corrected chi connectivity index (χ0v) is 13.4. The summed E-state index contributed by atoms with van der Waals surface area (Å²) in [5, 5.41) is 3.39. The molecule has 2 rings (SSSR count). The third-order valence-corrected chi connectivity index (χ3v) is 4.63. The molecule has 0 atom stereocenters. The van der Waals surface area contributed by atoms with Crippen LogP contribution in [0.25, 0.3) is 0 Å². The van der Waals surface area contributed by atoms with Crippen molar-refractivity contribution < 1.29 is 0 Å². The van der Waals surface area contributed by atoms with Gasteiger partial charge in [0, 0.05) is 32.8 Å². The van der Waals surface area contributed by atoms with Gasteiger partial charge in [-0.1, -0.05) is 32.1 Å². The first-order valence-electron chi connectivity index (χ1n) is 8.68. The molecular formula is C16H34N4. The number of unbranched alkanes of at least 4 members (excludes halogenated alkanes) is 6. The lowest BCUT2D eigenvalue weighted by atomic mass is 10.1. The van der Waals surface area contributed by atoms with E-state index in [-0.39, 0.29) is 0 Å². The molecule has 0 aromatic carbocycles. The van der Waals surface area contributed by atoms with Gasteiger partial charge in [-0.15, -0.1) is 0 Å². The van der Waals surface area contributed by atoms with Gasteiger partial charge in [-0.25, -0.2) is 0 Å². The molecule has 2 saturated heterocycles. The highest BCUT2D eigenvalue weighted by Crippen LogP contribution is 2.10. The van der Waals surface area contributed by atoms with Crippen molar-refractivity contribution in [1.29, 1.82) is 0 Å². The number of nitrogens with zero attached hydrogens (tertiary/aromatic N) is 3. The monoisotopic (exact) mass is 282 g/mol. The van der Waals surface area contributed by atoms with E-state index < -0.39 is 0 Å². The largest absolute Gasteiger partial charge is 0.303 e. The van der Waals surface area contributed by atoms with Crippen molar-refractivity contribution in [2.24, 2.45) is 0 Å². The van der Waals surface area contributed by atoms with E-state index in [4.69, 9.17) is 0 Å². The van der Waals surface area contributed by atoms with Crippen molar-refractivity contribution in [1.82, 2.24) is 20.0 Å². The molecule has 0 spiro atoms. The molecule has 2 aliphatic rings. The second-order valence-corrected chi connectivity index (χ2v) is 6.59. The van der Waals surface area contributed by atoms with Crippen molar-refractivity contribution in [3.8, 4) is 0 Å². The van der Waals surface area contributed by atoms with Crippen LogP contribution in [-0.2, 0) is 0 Å². The van der Waals surface area contributed by atoms with Gasteiger partial charge in [0.2, 0.25) is 0 Å². The van der Waals surface area contributed by atoms with Crippen LogP contribution in [0.4, 0.5) is 0 Å². The van der Waals surface area contributed by atoms with E-state index in [2.05, 4.69) is 27.1 Å². The summed E-state index contributed by atoms with van der Waals surface area (Å²) in [5.41, 5.74) is 0. The van der Waals surface area contributed by atoms with Crippen LogP contribution in [-0.4, -0.2) is 74.4 Å². The van der Waals surface area contributed by atoms with Crippen LogP contribution in [0, 0.1) is 0 Å². The minimum atomic E-state index is 1.12. The molecule has 0 bridgehead atoms. The maximum atomic E-state index is 3.39. The van der Waals surface area contributed by atoms with Gasteiger partial charge in [0.25, 0.3) is 0 Å². The van der Waals surface area contributed by atoms with Crippen molar-refractivity contribution >= 4 is 0 Å². The molecule has 0 radical (unpaired) electrons. The summed E-state index contributed by atoms with van der Waals surface area (Å²) in [6, 6.07) is 0. The Morgan fingerprint density at radius 2 is 1.40 bits per heavy atom. The Balaban J connectivity index is 1.30. The lowest BCUT2D eigenvalue weighted by Crippen LogP contribution is -2.24. The van der Waals surface area contributed by atoms with Crippen molar-refractivity contribution in [2.75, 3.05) is 59.7 Å². The molecule has 118 valence electrons. The third kappa shape index (κ3) is 6.53.